The molecule has 0 N–H and O–H groups in total. The molecule has 0 spiro atoms. The molecule has 1 atom stereocenters. The van der Waals surface area contributed by atoms with Crippen LogP contribution < -0.4 is 5.63 Å². The molecule has 1 aromatic heterocycles. The molecule has 6 nitrogen and oxygen atoms in total. The van der Waals surface area contributed by atoms with Crippen molar-refractivity contribution in [3.05, 3.63) is 45.3 Å². The average Bonchev–Trinajstić information content (AvgIpc) is 3.12. The standard InChI is InChI=1S/C25H34N2O4/c1-25(2,3)31-24(29)26(4)14-17-7-6-10-27(15-17)16-20-13-23(28)30-22-12-19-9-5-8-18(19)11-21(20)22/h11-13,17H,5-10,14-16H2,1-4H3. The van der Waals surface area contributed by atoms with Gasteiger partial charge in [0.1, 0.15) is 11.2 Å². The van der Waals surface area contributed by atoms with E-state index in [1.54, 1.807) is 11.0 Å². The van der Waals surface area contributed by atoms with Gasteiger partial charge in [0.05, 0.1) is 0 Å². The Morgan fingerprint density at radius 2 is 1.94 bits per heavy atom. The van der Waals surface area contributed by atoms with Crippen molar-refractivity contribution in [1.82, 2.24) is 9.80 Å². The monoisotopic (exact) mass is 426 g/mol. The number of hydrogen-bond donors (Lipinski definition) is 0. The lowest BCUT2D eigenvalue weighted by Crippen LogP contribution is -2.42. The number of ether oxygens (including phenoxy) is 1. The number of carbonyl (C=O) groups is 1. The molecular weight excluding hydrogens is 392 g/mol. The Hall–Kier alpha value is -2.34. The zero-order valence-electron chi connectivity index (χ0n) is 19.2. The van der Waals surface area contributed by atoms with Crippen molar-refractivity contribution in [3.8, 4) is 0 Å². The summed E-state index contributed by atoms with van der Waals surface area (Å²) in [5, 5.41) is 1.06. The quantitative estimate of drug-likeness (QED) is 0.680. The molecule has 0 radical (unpaired) electrons. The third kappa shape index (κ3) is 5.29. The molecule has 6 heteroatoms. The van der Waals surface area contributed by atoms with Gasteiger partial charge in [0.15, 0.2) is 0 Å². The number of likely N-dealkylation sites (tertiary alicyclic amines) is 1. The molecule has 1 unspecified atom stereocenters. The Kier molecular flexibility index (Phi) is 6.11. The zero-order chi connectivity index (χ0) is 22.2. The van der Waals surface area contributed by atoms with Crippen LogP contribution in [0.2, 0.25) is 0 Å². The Morgan fingerprint density at radius 3 is 2.68 bits per heavy atom. The minimum Gasteiger partial charge on any atom is -0.444 e. The highest BCUT2D eigenvalue weighted by Gasteiger charge is 2.26. The van der Waals surface area contributed by atoms with E-state index in [0.29, 0.717) is 18.0 Å². The maximum atomic E-state index is 12.3. The number of carbonyl (C=O) groups excluding carboxylic acids is 1. The van der Waals surface area contributed by atoms with Gasteiger partial charge in [-0.05, 0) is 94.2 Å². The minimum absolute atomic E-state index is 0.273. The van der Waals surface area contributed by atoms with E-state index in [4.69, 9.17) is 9.15 Å². The largest absolute Gasteiger partial charge is 0.444 e. The number of aryl methyl sites for hydroxylation is 2. The highest BCUT2D eigenvalue weighted by atomic mass is 16.6. The van der Waals surface area contributed by atoms with Gasteiger partial charge in [-0.3, -0.25) is 4.90 Å². The number of piperidine rings is 1. The van der Waals surface area contributed by atoms with Crippen molar-refractivity contribution in [2.24, 2.45) is 5.92 Å². The molecule has 0 saturated carbocycles. The topological polar surface area (TPSA) is 63.0 Å². The second-order valence-corrected chi connectivity index (χ2v) is 10.2. The highest BCUT2D eigenvalue weighted by Crippen LogP contribution is 2.29. The van der Waals surface area contributed by atoms with Gasteiger partial charge in [-0.2, -0.15) is 0 Å². The van der Waals surface area contributed by atoms with Gasteiger partial charge in [-0.15, -0.1) is 0 Å². The van der Waals surface area contributed by atoms with Crippen molar-refractivity contribution in [3.63, 3.8) is 0 Å². The Labute approximate surface area is 184 Å². The molecule has 168 valence electrons. The van der Waals surface area contributed by atoms with Gasteiger partial charge < -0.3 is 14.1 Å². The number of fused-ring (bicyclic) bond motifs is 2. The first-order valence-electron chi connectivity index (χ1n) is 11.4. The summed E-state index contributed by atoms with van der Waals surface area (Å²) in [6.07, 6.45) is 5.25. The third-order valence-corrected chi connectivity index (χ3v) is 6.28. The number of amides is 1. The molecule has 2 heterocycles. The van der Waals surface area contributed by atoms with Gasteiger partial charge in [0.25, 0.3) is 0 Å². The van der Waals surface area contributed by atoms with Gasteiger partial charge in [-0.25, -0.2) is 9.59 Å². The maximum Gasteiger partial charge on any atom is 0.410 e. The fraction of sp³-hybridized carbons (Fsp3) is 0.600. The number of hydrogen-bond acceptors (Lipinski definition) is 5. The van der Waals surface area contributed by atoms with Crippen molar-refractivity contribution < 1.29 is 13.9 Å². The average molecular weight is 427 g/mol. The third-order valence-electron chi connectivity index (χ3n) is 6.28. The van der Waals surface area contributed by atoms with E-state index >= 15 is 0 Å². The van der Waals surface area contributed by atoms with Crippen LogP contribution in [0, 0.1) is 5.92 Å². The summed E-state index contributed by atoms with van der Waals surface area (Å²) in [6.45, 7) is 8.97. The lowest BCUT2D eigenvalue weighted by atomic mass is 9.96. The zero-order valence-corrected chi connectivity index (χ0v) is 19.2. The maximum absolute atomic E-state index is 12.3. The van der Waals surface area contributed by atoms with Crippen LogP contribution in [0.15, 0.2) is 27.4 Å². The fourth-order valence-corrected chi connectivity index (χ4v) is 4.91. The summed E-state index contributed by atoms with van der Waals surface area (Å²) in [6, 6.07) is 5.95. The predicted octanol–water partition coefficient (Wildman–Crippen LogP) is 4.36. The van der Waals surface area contributed by atoms with Crippen LogP contribution in [0.5, 0.6) is 0 Å². The molecule has 1 aliphatic heterocycles. The summed E-state index contributed by atoms with van der Waals surface area (Å²) < 4.78 is 11.0. The molecule has 1 fully saturated rings. The SMILES string of the molecule is CN(CC1CCCN(Cc2cc(=O)oc3cc4c(cc23)CCC4)C1)C(=O)OC(C)(C)C. The van der Waals surface area contributed by atoms with E-state index in [2.05, 4.69) is 17.0 Å². The van der Waals surface area contributed by atoms with Crippen molar-refractivity contribution >= 4 is 17.1 Å². The molecule has 1 amide bonds. The van der Waals surface area contributed by atoms with Gasteiger partial charge in [-0.1, -0.05) is 0 Å². The Bertz CT molecular complexity index is 1020. The first-order valence-corrected chi connectivity index (χ1v) is 11.4. The Morgan fingerprint density at radius 1 is 1.19 bits per heavy atom. The predicted molar refractivity (Wildman–Crippen MR) is 121 cm³/mol. The van der Waals surface area contributed by atoms with Crippen LogP contribution >= 0.6 is 0 Å². The fourth-order valence-electron chi connectivity index (χ4n) is 4.91. The van der Waals surface area contributed by atoms with Crippen molar-refractivity contribution in [2.75, 3.05) is 26.7 Å². The molecule has 1 aliphatic carbocycles. The second kappa shape index (κ2) is 8.65. The summed E-state index contributed by atoms with van der Waals surface area (Å²) >= 11 is 0. The molecular formula is C25H34N2O4. The van der Waals surface area contributed by atoms with E-state index in [1.165, 1.54) is 17.5 Å². The second-order valence-electron chi connectivity index (χ2n) is 10.2. The van der Waals surface area contributed by atoms with Gasteiger partial charge >= 0.3 is 11.7 Å². The smallest absolute Gasteiger partial charge is 0.410 e. The first-order chi connectivity index (χ1) is 14.7. The van der Waals surface area contributed by atoms with Crippen LogP contribution in [0.3, 0.4) is 0 Å². The van der Waals surface area contributed by atoms with Crippen LogP contribution in [0.25, 0.3) is 11.0 Å². The van der Waals surface area contributed by atoms with E-state index < -0.39 is 5.60 Å². The molecule has 4 rings (SSSR count). The van der Waals surface area contributed by atoms with Gasteiger partial charge in [0, 0.05) is 38.1 Å². The lowest BCUT2D eigenvalue weighted by molar-refractivity contribution is 0.0241. The van der Waals surface area contributed by atoms with Gasteiger partial charge in [0.2, 0.25) is 0 Å². The summed E-state index contributed by atoms with van der Waals surface area (Å²) in [7, 11) is 1.81. The number of benzene rings is 1. The normalized spacial score (nSPS) is 19.4. The van der Waals surface area contributed by atoms with Crippen LogP contribution in [0.4, 0.5) is 4.79 Å². The first kappa shape index (κ1) is 21.9. The summed E-state index contributed by atoms with van der Waals surface area (Å²) in [5.74, 6) is 0.391. The molecule has 0 bridgehead atoms. The molecule has 31 heavy (non-hydrogen) atoms. The Balaban J connectivity index is 1.46. The number of nitrogens with zero attached hydrogens (tertiary/aromatic N) is 2. The molecule has 2 aromatic rings. The lowest BCUT2D eigenvalue weighted by Gasteiger charge is -2.35. The summed E-state index contributed by atoms with van der Waals surface area (Å²) in [5.41, 5.74) is 3.69. The van der Waals surface area contributed by atoms with Crippen molar-refractivity contribution in [2.45, 2.75) is 65.0 Å². The number of rotatable bonds is 4. The minimum atomic E-state index is -0.487. The molecule has 1 aromatic carbocycles. The van der Waals surface area contributed by atoms with Crippen molar-refractivity contribution in [1.29, 1.82) is 0 Å². The van der Waals surface area contributed by atoms with Crippen LogP contribution in [-0.2, 0) is 24.1 Å². The van der Waals surface area contributed by atoms with Crippen LogP contribution in [0.1, 0.15) is 56.7 Å². The van der Waals surface area contributed by atoms with E-state index in [9.17, 15) is 9.59 Å². The summed E-state index contributed by atoms with van der Waals surface area (Å²) in [4.78, 5) is 28.6. The molecule has 2 aliphatic rings. The van der Waals surface area contributed by atoms with E-state index in [0.717, 1.165) is 56.3 Å². The van der Waals surface area contributed by atoms with E-state index in [-0.39, 0.29) is 11.7 Å². The van der Waals surface area contributed by atoms with E-state index in [1.807, 2.05) is 27.8 Å². The van der Waals surface area contributed by atoms with Crippen LogP contribution in [-0.4, -0.2) is 48.2 Å². The molecule has 1 saturated heterocycles. The highest BCUT2D eigenvalue weighted by molar-refractivity contribution is 5.82.